The van der Waals surface area contributed by atoms with Gasteiger partial charge in [0.05, 0.1) is 0 Å². The monoisotopic (exact) mass is 127 g/mol. The van der Waals surface area contributed by atoms with Gasteiger partial charge in [-0.1, -0.05) is 6.92 Å². The maximum absolute atomic E-state index is 3.92. The Kier molecular flexibility index (Phi) is 2.09. The summed E-state index contributed by atoms with van der Waals surface area (Å²) in [5, 5.41) is 3.38. The molecule has 1 aliphatic heterocycles. The average molecular weight is 127 g/mol. The molecule has 1 rings (SSSR count). The topological polar surface area (TPSA) is 15.3 Å². The summed E-state index contributed by atoms with van der Waals surface area (Å²) in [7, 11) is 3.92. The quantitative estimate of drug-likeness (QED) is 0.476. The normalized spacial score (nSPS) is 39.0. The molecule has 9 heavy (non-hydrogen) atoms. The first kappa shape index (κ1) is 7.03. The number of piperazine rings is 1. The lowest BCUT2D eigenvalue weighted by molar-refractivity contribution is 0.204. The summed E-state index contributed by atoms with van der Waals surface area (Å²) in [6.07, 6.45) is 0. The molecule has 2 atom stereocenters. The zero-order valence-corrected chi connectivity index (χ0v) is 6.22. The molecule has 0 aromatic rings. The molecule has 2 nitrogen and oxygen atoms in total. The molecule has 0 amide bonds. The van der Waals surface area contributed by atoms with Crippen LogP contribution in [-0.4, -0.2) is 30.1 Å². The summed E-state index contributed by atoms with van der Waals surface area (Å²) in [4.78, 5) is 2.14. The third kappa shape index (κ3) is 1.66. The molecular weight excluding hydrogens is 112 g/mol. The van der Waals surface area contributed by atoms with E-state index in [2.05, 4.69) is 31.1 Å². The Labute approximate surface area is 57.2 Å². The Balaban J connectivity index is 2.35. The summed E-state index contributed by atoms with van der Waals surface area (Å²) >= 11 is 0. The minimum absolute atomic E-state index is 0.598. The van der Waals surface area contributed by atoms with E-state index in [1.807, 2.05) is 0 Å². The first-order valence-corrected chi connectivity index (χ1v) is 3.50. The Morgan fingerprint density at radius 2 is 2.22 bits per heavy atom. The van der Waals surface area contributed by atoms with E-state index in [9.17, 15) is 0 Å². The highest BCUT2D eigenvalue weighted by atomic mass is 15.2. The Hall–Kier alpha value is -0.0800. The maximum Gasteiger partial charge on any atom is 0.0143 e. The first-order valence-electron chi connectivity index (χ1n) is 3.50. The molecule has 1 aliphatic rings. The minimum Gasteiger partial charge on any atom is -0.455 e. The molecule has 1 fully saturated rings. The van der Waals surface area contributed by atoms with E-state index >= 15 is 0 Å². The fourth-order valence-corrected chi connectivity index (χ4v) is 1.10. The zero-order chi connectivity index (χ0) is 6.85. The molecule has 0 saturated carbocycles. The lowest BCUT2D eigenvalue weighted by Gasteiger charge is -2.40. The molecule has 0 radical (unpaired) electrons. The number of nitrogens with one attached hydrogen (secondary N) is 1. The molecule has 1 saturated heterocycles. The van der Waals surface area contributed by atoms with Gasteiger partial charge in [-0.3, -0.25) is 7.05 Å². The van der Waals surface area contributed by atoms with Crippen LogP contribution in [0.15, 0.2) is 0 Å². The summed E-state index contributed by atoms with van der Waals surface area (Å²) in [5.74, 6) is 0. The molecule has 2 heteroatoms. The molecule has 0 unspecified atom stereocenters. The summed E-state index contributed by atoms with van der Waals surface area (Å²) in [6.45, 7) is 6.52. The van der Waals surface area contributed by atoms with Crippen molar-refractivity contribution in [2.45, 2.75) is 25.9 Å². The Morgan fingerprint density at radius 1 is 1.56 bits per heavy atom. The number of hydrogen-bond donors (Lipinski definition) is 1. The Morgan fingerprint density at radius 3 is 2.67 bits per heavy atom. The van der Waals surface area contributed by atoms with Gasteiger partial charge >= 0.3 is 0 Å². The van der Waals surface area contributed by atoms with Gasteiger partial charge in [0, 0.05) is 12.6 Å². The van der Waals surface area contributed by atoms with E-state index in [1.54, 1.807) is 0 Å². The summed E-state index contributed by atoms with van der Waals surface area (Å²) in [6, 6.07) is 1.21. The van der Waals surface area contributed by atoms with Crippen molar-refractivity contribution in [3.8, 4) is 0 Å². The van der Waals surface area contributed by atoms with Crippen molar-refractivity contribution >= 4 is 0 Å². The second kappa shape index (κ2) is 2.67. The van der Waals surface area contributed by atoms with Crippen molar-refractivity contribution in [2.24, 2.45) is 0 Å². The van der Waals surface area contributed by atoms with Gasteiger partial charge in [0.15, 0.2) is 0 Å². The van der Waals surface area contributed by atoms with E-state index in [0.29, 0.717) is 12.1 Å². The van der Waals surface area contributed by atoms with Crippen molar-refractivity contribution in [3.05, 3.63) is 7.05 Å². The van der Waals surface area contributed by atoms with Crippen LogP contribution in [0.4, 0.5) is 0 Å². The highest BCUT2D eigenvalue weighted by molar-refractivity contribution is 4.80. The lowest BCUT2D eigenvalue weighted by Crippen LogP contribution is -2.51. The van der Waals surface area contributed by atoms with Gasteiger partial charge in [0.1, 0.15) is 0 Å². The van der Waals surface area contributed by atoms with Gasteiger partial charge < -0.3 is 10.2 Å². The van der Waals surface area contributed by atoms with Crippen molar-refractivity contribution in [3.63, 3.8) is 0 Å². The average Bonchev–Trinajstić information content (AvgIpc) is 1.80. The van der Waals surface area contributed by atoms with Gasteiger partial charge in [-0.2, -0.15) is 0 Å². The molecule has 0 aromatic heterocycles. The zero-order valence-electron chi connectivity index (χ0n) is 6.22. The third-order valence-corrected chi connectivity index (χ3v) is 1.89. The molecule has 1 heterocycles. The largest absolute Gasteiger partial charge is 0.455 e. The van der Waals surface area contributed by atoms with Gasteiger partial charge in [0.25, 0.3) is 0 Å². The van der Waals surface area contributed by atoms with E-state index < -0.39 is 0 Å². The van der Waals surface area contributed by atoms with Crippen LogP contribution in [0.1, 0.15) is 13.8 Å². The van der Waals surface area contributed by atoms with Crippen LogP contribution < -0.4 is 5.32 Å². The molecule has 0 spiro atoms. The fourth-order valence-electron chi connectivity index (χ4n) is 1.10. The fraction of sp³-hybridized carbons (Fsp3) is 0.857. The van der Waals surface area contributed by atoms with Gasteiger partial charge in [0.2, 0.25) is 0 Å². The van der Waals surface area contributed by atoms with Crippen molar-refractivity contribution in [2.75, 3.05) is 13.1 Å². The smallest absolute Gasteiger partial charge is 0.0143 e. The third-order valence-electron chi connectivity index (χ3n) is 1.89. The number of hydrogen-bond acceptors (Lipinski definition) is 2. The van der Waals surface area contributed by atoms with Gasteiger partial charge in [-0.05, 0) is 19.5 Å². The number of rotatable bonds is 0. The van der Waals surface area contributed by atoms with Gasteiger partial charge in [-0.25, -0.2) is 0 Å². The molecule has 0 aliphatic carbocycles. The predicted molar refractivity (Wildman–Crippen MR) is 39.0 cm³/mol. The lowest BCUT2D eigenvalue weighted by atomic mass is 10.2. The van der Waals surface area contributed by atoms with Crippen LogP contribution >= 0.6 is 0 Å². The van der Waals surface area contributed by atoms with Crippen LogP contribution in [0.5, 0.6) is 0 Å². The van der Waals surface area contributed by atoms with Crippen LogP contribution in [0.2, 0.25) is 0 Å². The Bertz CT molecular complexity index is 92.9. The molecule has 0 aromatic carbocycles. The van der Waals surface area contributed by atoms with Crippen LogP contribution in [0, 0.1) is 7.05 Å². The SMILES string of the molecule is [CH2-]N1C[C@@H](C)NC[C@@H]1C. The molecule has 54 valence electrons. The van der Waals surface area contributed by atoms with Crippen LogP contribution in [0.25, 0.3) is 0 Å². The summed E-state index contributed by atoms with van der Waals surface area (Å²) in [5.41, 5.74) is 0. The van der Waals surface area contributed by atoms with Crippen molar-refractivity contribution in [1.82, 2.24) is 10.2 Å². The predicted octanol–water partition coefficient (Wildman–Crippen LogP) is 0.460. The second-order valence-electron chi connectivity index (χ2n) is 2.93. The van der Waals surface area contributed by atoms with E-state index in [4.69, 9.17) is 0 Å². The van der Waals surface area contributed by atoms with Crippen LogP contribution in [0.3, 0.4) is 0 Å². The maximum atomic E-state index is 3.92. The summed E-state index contributed by atoms with van der Waals surface area (Å²) < 4.78 is 0. The van der Waals surface area contributed by atoms with Gasteiger partial charge in [-0.15, -0.1) is 0 Å². The van der Waals surface area contributed by atoms with E-state index in [1.165, 1.54) is 0 Å². The van der Waals surface area contributed by atoms with Crippen LogP contribution in [-0.2, 0) is 0 Å². The molecule has 0 bridgehead atoms. The second-order valence-corrected chi connectivity index (χ2v) is 2.93. The highest BCUT2D eigenvalue weighted by Gasteiger charge is 2.13. The van der Waals surface area contributed by atoms with Crippen molar-refractivity contribution in [1.29, 1.82) is 0 Å². The molecular formula is C7H15N2-. The first-order chi connectivity index (χ1) is 4.20. The van der Waals surface area contributed by atoms with E-state index in [-0.39, 0.29) is 0 Å². The standard InChI is InChI=1S/C7H15N2/c1-6-5-9(3)7(2)4-8-6/h6-8H,3-5H2,1-2H3/q-1/t6-,7+/m1/s1. The number of nitrogens with zero attached hydrogens (tertiary/aromatic N) is 1. The molecule has 1 N–H and O–H groups in total. The van der Waals surface area contributed by atoms with Crippen molar-refractivity contribution < 1.29 is 0 Å². The minimum atomic E-state index is 0.598. The highest BCUT2D eigenvalue weighted by Crippen LogP contribution is 2.02. The van der Waals surface area contributed by atoms with E-state index in [0.717, 1.165) is 13.1 Å².